The summed E-state index contributed by atoms with van der Waals surface area (Å²) in [5.74, 6) is -1.09. The number of esters is 1. The van der Waals surface area contributed by atoms with Crippen molar-refractivity contribution in [2.75, 3.05) is 4.90 Å². The SMILES string of the molecule is O=C(Oc1cccc(N2C(=O)[C@H]3CCCC[C@H]3C2=O)c1)c1ccccc1Cl. The van der Waals surface area contributed by atoms with E-state index in [2.05, 4.69) is 0 Å². The standard InChI is InChI=1S/C21H18ClNO4/c22-18-11-4-3-10-17(18)21(26)27-14-7-5-6-13(12-14)23-19(24)15-8-1-2-9-16(15)20(23)25/h3-7,10-12,15-16H,1-2,8-9H2/t15-,16+. The third-order valence-electron chi connectivity index (χ3n) is 5.22. The Hall–Kier alpha value is -2.66. The van der Waals surface area contributed by atoms with E-state index in [-0.39, 0.29) is 35.0 Å². The molecule has 0 aromatic heterocycles. The normalized spacial score (nSPS) is 21.9. The number of halogens is 1. The van der Waals surface area contributed by atoms with E-state index in [1.165, 1.54) is 4.90 Å². The van der Waals surface area contributed by atoms with Gasteiger partial charge < -0.3 is 4.74 Å². The monoisotopic (exact) mass is 383 g/mol. The number of carbonyl (C=O) groups is 3. The van der Waals surface area contributed by atoms with Crippen LogP contribution in [0, 0.1) is 11.8 Å². The van der Waals surface area contributed by atoms with Crippen molar-refractivity contribution in [1.82, 2.24) is 0 Å². The molecule has 0 bridgehead atoms. The Morgan fingerprint density at radius 1 is 0.963 bits per heavy atom. The van der Waals surface area contributed by atoms with Gasteiger partial charge >= 0.3 is 5.97 Å². The molecule has 2 fully saturated rings. The Morgan fingerprint density at radius 2 is 1.63 bits per heavy atom. The molecule has 27 heavy (non-hydrogen) atoms. The molecular formula is C21H18ClNO4. The second-order valence-corrected chi connectivity index (χ2v) is 7.28. The fourth-order valence-electron chi connectivity index (χ4n) is 3.89. The van der Waals surface area contributed by atoms with Crippen LogP contribution in [0.5, 0.6) is 5.75 Å². The maximum absolute atomic E-state index is 12.7. The van der Waals surface area contributed by atoms with Gasteiger partial charge in [0.1, 0.15) is 5.75 Å². The molecule has 1 heterocycles. The molecular weight excluding hydrogens is 366 g/mol. The first-order valence-electron chi connectivity index (χ1n) is 9.01. The van der Waals surface area contributed by atoms with Crippen molar-refractivity contribution in [2.24, 2.45) is 11.8 Å². The van der Waals surface area contributed by atoms with Crippen LogP contribution in [0.4, 0.5) is 5.69 Å². The molecule has 2 aromatic rings. The second kappa shape index (κ2) is 7.16. The van der Waals surface area contributed by atoms with Gasteiger partial charge in [0, 0.05) is 6.07 Å². The Balaban J connectivity index is 1.58. The van der Waals surface area contributed by atoms with Gasteiger partial charge in [0.25, 0.3) is 0 Å². The number of hydrogen-bond acceptors (Lipinski definition) is 4. The number of anilines is 1. The van der Waals surface area contributed by atoms with Gasteiger partial charge in [-0.3, -0.25) is 9.59 Å². The Labute approximate surface area is 161 Å². The summed E-state index contributed by atoms with van der Waals surface area (Å²) in [6.45, 7) is 0. The van der Waals surface area contributed by atoms with Crippen LogP contribution in [0.25, 0.3) is 0 Å². The van der Waals surface area contributed by atoms with E-state index >= 15 is 0 Å². The molecule has 1 saturated heterocycles. The molecule has 5 nitrogen and oxygen atoms in total. The predicted molar refractivity (Wildman–Crippen MR) is 101 cm³/mol. The Morgan fingerprint density at radius 3 is 2.30 bits per heavy atom. The number of nitrogens with zero attached hydrogens (tertiary/aromatic N) is 1. The van der Waals surface area contributed by atoms with E-state index in [4.69, 9.17) is 16.3 Å². The van der Waals surface area contributed by atoms with E-state index in [1.807, 2.05) is 0 Å². The van der Waals surface area contributed by atoms with Gasteiger partial charge in [-0.2, -0.15) is 0 Å². The van der Waals surface area contributed by atoms with Crippen molar-refractivity contribution >= 4 is 35.1 Å². The molecule has 1 aliphatic carbocycles. The summed E-state index contributed by atoms with van der Waals surface area (Å²) in [6.07, 6.45) is 3.47. The van der Waals surface area contributed by atoms with Crippen molar-refractivity contribution in [3.63, 3.8) is 0 Å². The maximum atomic E-state index is 12.7. The third kappa shape index (κ3) is 3.23. The molecule has 0 spiro atoms. The fourth-order valence-corrected chi connectivity index (χ4v) is 4.10. The molecule has 138 valence electrons. The smallest absolute Gasteiger partial charge is 0.345 e. The van der Waals surface area contributed by atoms with Gasteiger partial charge in [-0.25, -0.2) is 9.69 Å². The largest absolute Gasteiger partial charge is 0.423 e. The topological polar surface area (TPSA) is 63.7 Å². The minimum Gasteiger partial charge on any atom is -0.423 e. The summed E-state index contributed by atoms with van der Waals surface area (Å²) in [6, 6.07) is 13.1. The number of fused-ring (bicyclic) bond motifs is 1. The van der Waals surface area contributed by atoms with Gasteiger partial charge in [0.15, 0.2) is 0 Å². The highest BCUT2D eigenvalue weighted by Gasteiger charge is 2.48. The van der Waals surface area contributed by atoms with Gasteiger partial charge in [0.05, 0.1) is 28.1 Å². The average Bonchev–Trinajstić information content (AvgIpc) is 2.93. The lowest BCUT2D eigenvalue weighted by molar-refractivity contribution is -0.122. The first kappa shape index (κ1) is 17.7. The summed E-state index contributed by atoms with van der Waals surface area (Å²) < 4.78 is 5.40. The first-order chi connectivity index (χ1) is 13.1. The molecule has 0 radical (unpaired) electrons. The highest BCUT2D eigenvalue weighted by Crippen LogP contribution is 2.40. The van der Waals surface area contributed by atoms with Crippen molar-refractivity contribution in [3.8, 4) is 5.75 Å². The number of carbonyl (C=O) groups excluding carboxylic acids is 3. The van der Waals surface area contributed by atoms with Gasteiger partial charge in [-0.05, 0) is 37.1 Å². The average molecular weight is 384 g/mol. The zero-order valence-electron chi connectivity index (χ0n) is 14.6. The molecule has 0 N–H and O–H groups in total. The molecule has 6 heteroatoms. The van der Waals surface area contributed by atoms with Crippen LogP contribution >= 0.6 is 11.6 Å². The van der Waals surface area contributed by atoms with Crippen LogP contribution in [0.3, 0.4) is 0 Å². The molecule has 2 atom stereocenters. The highest BCUT2D eigenvalue weighted by atomic mass is 35.5. The number of rotatable bonds is 3. The Bertz CT molecular complexity index is 902. The summed E-state index contributed by atoms with van der Waals surface area (Å²) in [4.78, 5) is 39.1. The number of imide groups is 1. The highest BCUT2D eigenvalue weighted by molar-refractivity contribution is 6.33. The van der Waals surface area contributed by atoms with Crippen LogP contribution < -0.4 is 9.64 Å². The molecule has 4 rings (SSSR count). The molecule has 2 aromatic carbocycles. The summed E-state index contributed by atoms with van der Waals surface area (Å²) in [5, 5.41) is 0.299. The van der Waals surface area contributed by atoms with Gasteiger partial charge in [-0.1, -0.05) is 42.6 Å². The number of ether oxygens (including phenoxy) is 1. The lowest BCUT2D eigenvalue weighted by atomic mass is 9.81. The van der Waals surface area contributed by atoms with Crippen LogP contribution in [0.2, 0.25) is 5.02 Å². The van der Waals surface area contributed by atoms with E-state index in [9.17, 15) is 14.4 Å². The van der Waals surface area contributed by atoms with Crippen LogP contribution in [-0.4, -0.2) is 17.8 Å². The van der Waals surface area contributed by atoms with E-state index < -0.39 is 5.97 Å². The lowest BCUT2D eigenvalue weighted by Gasteiger charge is -2.19. The van der Waals surface area contributed by atoms with Crippen LogP contribution in [0.15, 0.2) is 48.5 Å². The minimum absolute atomic E-state index is 0.153. The van der Waals surface area contributed by atoms with E-state index in [0.717, 1.165) is 25.7 Å². The quantitative estimate of drug-likeness (QED) is 0.452. The predicted octanol–water partition coefficient (Wildman–Crippen LogP) is 4.24. The lowest BCUT2D eigenvalue weighted by Crippen LogP contribution is -2.30. The molecule has 2 aliphatic rings. The number of benzene rings is 2. The summed E-state index contributed by atoms with van der Waals surface area (Å²) in [5.41, 5.74) is 0.688. The van der Waals surface area contributed by atoms with Crippen molar-refractivity contribution in [2.45, 2.75) is 25.7 Å². The first-order valence-corrected chi connectivity index (χ1v) is 9.38. The number of amides is 2. The van der Waals surface area contributed by atoms with Crippen molar-refractivity contribution in [1.29, 1.82) is 0 Å². The summed E-state index contributed by atoms with van der Waals surface area (Å²) >= 11 is 6.03. The zero-order valence-corrected chi connectivity index (χ0v) is 15.3. The van der Waals surface area contributed by atoms with Gasteiger partial charge in [0.2, 0.25) is 11.8 Å². The molecule has 0 unspecified atom stereocenters. The Kier molecular flexibility index (Phi) is 4.70. The zero-order chi connectivity index (χ0) is 19.0. The van der Waals surface area contributed by atoms with Crippen LogP contribution in [0.1, 0.15) is 36.0 Å². The van der Waals surface area contributed by atoms with E-state index in [0.29, 0.717) is 10.7 Å². The second-order valence-electron chi connectivity index (χ2n) is 6.88. The minimum atomic E-state index is -0.592. The maximum Gasteiger partial charge on any atom is 0.345 e. The molecule has 2 amide bonds. The van der Waals surface area contributed by atoms with Crippen molar-refractivity contribution in [3.05, 3.63) is 59.1 Å². The van der Waals surface area contributed by atoms with Gasteiger partial charge in [-0.15, -0.1) is 0 Å². The fraction of sp³-hybridized carbons (Fsp3) is 0.286. The van der Waals surface area contributed by atoms with E-state index in [1.54, 1.807) is 48.5 Å². The third-order valence-corrected chi connectivity index (χ3v) is 5.55. The van der Waals surface area contributed by atoms with Crippen LogP contribution in [-0.2, 0) is 9.59 Å². The molecule has 1 aliphatic heterocycles. The van der Waals surface area contributed by atoms with Crippen molar-refractivity contribution < 1.29 is 19.1 Å². The summed E-state index contributed by atoms with van der Waals surface area (Å²) in [7, 11) is 0. The number of hydrogen-bond donors (Lipinski definition) is 0. The molecule has 1 saturated carbocycles.